The topological polar surface area (TPSA) is 132 Å². The second kappa shape index (κ2) is 10.0. The number of rotatable bonds is 10. The molecule has 10 heteroatoms. The van der Waals surface area contributed by atoms with Crippen LogP contribution in [-0.2, 0) is 0 Å². The maximum absolute atomic E-state index is 5.97. The molecular formula is C22H36N8O2. The third kappa shape index (κ3) is 5.13. The van der Waals surface area contributed by atoms with Gasteiger partial charge in [0.05, 0.1) is 25.2 Å². The van der Waals surface area contributed by atoms with E-state index in [0.29, 0.717) is 24.4 Å². The molecule has 0 spiro atoms. The minimum absolute atomic E-state index is 0.258. The molecular weight excluding hydrogens is 408 g/mol. The fourth-order valence-electron chi connectivity index (χ4n) is 4.67. The van der Waals surface area contributed by atoms with Gasteiger partial charge in [0.15, 0.2) is 5.82 Å². The van der Waals surface area contributed by atoms with Crippen LogP contribution >= 0.6 is 0 Å². The highest BCUT2D eigenvalue weighted by atomic mass is 16.5. The van der Waals surface area contributed by atoms with E-state index >= 15 is 0 Å². The van der Waals surface area contributed by atoms with Gasteiger partial charge in [-0.05, 0) is 56.4 Å². The lowest BCUT2D eigenvalue weighted by Gasteiger charge is -2.30. The van der Waals surface area contributed by atoms with Crippen LogP contribution in [0, 0.1) is 24.7 Å². The number of aromatic nitrogens is 3. The molecule has 1 aliphatic carbocycles. The Balaban J connectivity index is 1.19. The number of nitrogens with two attached hydrogens (primary N) is 2. The Morgan fingerprint density at radius 3 is 2.75 bits per heavy atom. The number of anilines is 2. The van der Waals surface area contributed by atoms with E-state index in [1.54, 1.807) is 11.2 Å². The zero-order valence-corrected chi connectivity index (χ0v) is 19.3. The van der Waals surface area contributed by atoms with Gasteiger partial charge in [-0.25, -0.2) is 4.98 Å². The molecule has 3 heterocycles. The molecule has 4 rings (SSSR count). The molecule has 2 atom stereocenters. The monoisotopic (exact) mass is 444 g/mol. The first-order valence-corrected chi connectivity index (χ1v) is 11.6. The molecule has 0 radical (unpaired) electrons. The summed E-state index contributed by atoms with van der Waals surface area (Å²) in [5, 5.41) is 5.71. The highest BCUT2D eigenvalue weighted by molar-refractivity contribution is 5.47. The summed E-state index contributed by atoms with van der Waals surface area (Å²) in [6, 6.07) is 2.65. The van der Waals surface area contributed by atoms with Crippen molar-refractivity contribution in [2.24, 2.45) is 29.3 Å². The SMILES string of the molecule is Cc1cc(N(CN)NN)cnc1OCCC1CC1C1CCN(c2nc(C(C)C)no2)CC1. The summed E-state index contributed by atoms with van der Waals surface area (Å²) in [7, 11) is 0. The van der Waals surface area contributed by atoms with Crippen molar-refractivity contribution in [3.63, 3.8) is 0 Å². The second-order valence-electron chi connectivity index (χ2n) is 9.27. The quantitative estimate of drug-likeness (QED) is 0.285. The van der Waals surface area contributed by atoms with Crippen molar-refractivity contribution in [3.8, 4) is 5.88 Å². The average Bonchev–Trinajstić information content (AvgIpc) is 3.38. The van der Waals surface area contributed by atoms with E-state index in [1.807, 2.05) is 13.0 Å². The van der Waals surface area contributed by atoms with E-state index in [9.17, 15) is 0 Å². The number of nitrogens with one attached hydrogen (secondary N) is 1. The van der Waals surface area contributed by atoms with Crippen molar-refractivity contribution < 1.29 is 9.26 Å². The van der Waals surface area contributed by atoms with Crippen molar-refractivity contribution in [1.82, 2.24) is 20.7 Å². The van der Waals surface area contributed by atoms with Gasteiger partial charge < -0.3 is 19.9 Å². The molecule has 1 saturated carbocycles. The number of piperidine rings is 1. The van der Waals surface area contributed by atoms with Crippen LogP contribution in [0.25, 0.3) is 0 Å². The second-order valence-corrected chi connectivity index (χ2v) is 9.27. The fraction of sp³-hybridized carbons (Fsp3) is 0.682. The number of aryl methyl sites for hydroxylation is 1. The lowest BCUT2D eigenvalue weighted by molar-refractivity contribution is 0.273. The molecule has 5 N–H and O–H groups in total. The Bertz CT molecular complexity index is 877. The van der Waals surface area contributed by atoms with E-state index in [0.717, 1.165) is 54.3 Å². The molecule has 176 valence electrons. The molecule has 2 unspecified atom stereocenters. The lowest BCUT2D eigenvalue weighted by atomic mass is 9.90. The number of ether oxygens (including phenoxy) is 1. The van der Waals surface area contributed by atoms with E-state index in [2.05, 4.69) is 39.4 Å². The summed E-state index contributed by atoms with van der Waals surface area (Å²) in [4.78, 5) is 11.2. The van der Waals surface area contributed by atoms with Gasteiger partial charge in [0.25, 0.3) is 0 Å². The molecule has 1 saturated heterocycles. The van der Waals surface area contributed by atoms with E-state index in [-0.39, 0.29) is 6.67 Å². The van der Waals surface area contributed by atoms with Crippen LogP contribution in [0.15, 0.2) is 16.8 Å². The minimum Gasteiger partial charge on any atom is -0.477 e. The largest absolute Gasteiger partial charge is 0.477 e. The van der Waals surface area contributed by atoms with Crippen molar-refractivity contribution in [3.05, 3.63) is 23.7 Å². The normalized spacial score (nSPS) is 21.2. The molecule has 2 aromatic rings. The predicted molar refractivity (Wildman–Crippen MR) is 123 cm³/mol. The van der Waals surface area contributed by atoms with Crippen LogP contribution in [0.5, 0.6) is 5.88 Å². The van der Waals surface area contributed by atoms with Crippen molar-refractivity contribution >= 4 is 11.7 Å². The smallest absolute Gasteiger partial charge is 0.324 e. The Kier molecular flexibility index (Phi) is 7.12. The summed E-state index contributed by atoms with van der Waals surface area (Å²) in [6.45, 7) is 9.10. The van der Waals surface area contributed by atoms with Crippen LogP contribution < -0.4 is 31.8 Å². The zero-order valence-electron chi connectivity index (χ0n) is 19.3. The molecule has 2 fully saturated rings. The van der Waals surface area contributed by atoms with Gasteiger partial charge in [0, 0.05) is 24.6 Å². The molecule has 2 aliphatic rings. The van der Waals surface area contributed by atoms with Crippen molar-refractivity contribution in [2.45, 2.75) is 52.4 Å². The first kappa shape index (κ1) is 22.8. The summed E-state index contributed by atoms with van der Waals surface area (Å²) in [5.74, 6) is 9.59. The Morgan fingerprint density at radius 1 is 1.34 bits per heavy atom. The molecule has 10 nitrogen and oxygen atoms in total. The van der Waals surface area contributed by atoms with Crippen molar-refractivity contribution in [2.75, 3.05) is 36.3 Å². The van der Waals surface area contributed by atoms with Gasteiger partial charge >= 0.3 is 6.01 Å². The van der Waals surface area contributed by atoms with Crippen molar-refractivity contribution in [1.29, 1.82) is 0 Å². The van der Waals surface area contributed by atoms with Gasteiger partial charge in [-0.1, -0.05) is 19.0 Å². The molecule has 2 aromatic heterocycles. The maximum atomic E-state index is 5.97. The highest BCUT2D eigenvalue weighted by Gasteiger charge is 2.43. The Labute approximate surface area is 189 Å². The van der Waals surface area contributed by atoms with Crippen LogP contribution in [0.3, 0.4) is 0 Å². The third-order valence-electron chi connectivity index (χ3n) is 6.73. The third-order valence-corrected chi connectivity index (χ3v) is 6.73. The van der Waals surface area contributed by atoms with Gasteiger partial charge in [0.1, 0.15) is 0 Å². The number of nitrogens with zero attached hydrogens (tertiary/aromatic N) is 5. The Morgan fingerprint density at radius 2 is 2.12 bits per heavy atom. The minimum atomic E-state index is 0.258. The highest BCUT2D eigenvalue weighted by Crippen LogP contribution is 2.50. The van der Waals surface area contributed by atoms with Gasteiger partial charge in [0.2, 0.25) is 5.88 Å². The number of pyridine rings is 1. The van der Waals surface area contributed by atoms with E-state index < -0.39 is 0 Å². The Hall–Kier alpha value is -2.43. The standard InChI is InChI=1S/C22H36N8O2/c1-14(2)20-26-22(32-27-20)29-7-4-16(5-8-29)19-11-17(19)6-9-31-21-15(3)10-18(12-25-21)30(13-23)28-24/h10,12,14,16-17,19,28H,4-9,11,13,23-24H2,1-3H3. The summed E-state index contributed by atoms with van der Waals surface area (Å²) >= 11 is 0. The zero-order chi connectivity index (χ0) is 22.7. The first-order chi connectivity index (χ1) is 15.5. The predicted octanol–water partition coefficient (Wildman–Crippen LogP) is 2.32. The molecule has 1 aliphatic heterocycles. The summed E-state index contributed by atoms with van der Waals surface area (Å²) in [5.41, 5.74) is 9.99. The maximum Gasteiger partial charge on any atom is 0.324 e. The number of hydrazine groups is 2. The summed E-state index contributed by atoms with van der Waals surface area (Å²) in [6.07, 6.45) is 6.49. The average molecular weight is 445 g/mol. The summed E-state index contributed by atoms with van der Waals surface area (Å²) < 4.78 is 11.4. The number of hydrogen-bond acceptors (Lipinski definition) is 10. The lowest BCUT2D eigenvalue weighted by Crippen LogP contribution is -2.46. The van der Waals surface area contributed by atoms with Crippen LogP contribution in [0.4, 0.5) is 11.7 Å². The fourth-order valence-corrected chi connectivity index (χ4v) is 4.67. The molecule has 32 heavy (non-hydrogen) atoms. The van der Waals surface area contributed by atoms with Gasteiger partial charge in [-0.3, -0.25) is 10.9 Å². The molecule has 0 bridgehead atoms. The molecule has 0 amide bonds. The van der Waals surface area contributed by atoms with Crippen LogP contribution in [-0.4, -0.2) is 41.5 Å². The van der Waals surface area contributed by atoms with Crippen LogP contribution in [0.2, 0.25) is 0 Å². The van der Waals surface area contributed by atoms with E-state index in [1.165, 1.54) is 19.3 Å². The number of hydrogen-bond donors (Lipinski definition) is 3. The van der Waals surface area contributed by atoms with Gasteiger partial charge in [-0.15, -0.1) is 0 Å². The first-order valence-electron chi connectivity index (χ1n) is 11.6. The van der Waals surface area contributed by atoms with Gasteiger partial charge in [-0.2, -0.15) is 10.5 Å². The van der Waals surface area contributed by atoms with Crippen LogP contribution in [0.1, 0.15) is 56.8 Å². The van der Waals surface area contributed by atoms with E-state index in [4.69, 9.17) is 20.8 Å². The molecule has 0 aromatic carbocycles.